The molecular weight excluding hydrogens is 245 g/mol. The van der Waals surface area contributed by atoms with Crippen LogP contribution in [-0.2, 0) is 13.0 Å². The molecule has 0 aliphatic heterocycles. The summed E-state index contributed by atoms with van der Waals surface area (Å²) in [5.74, 6) is -0.0350. The van der Waals surface area contributed by atoms with E-state index in [0.717, 1.165) is 5.56 Å². The number of ether oxygens (including phenoxy) is 1. The SMILES string of the molecule is N#CCc1ccc(Oc2c(F)cccc2CO)cc1. The Morgan fingerprint density at radius 1 is 1.16 bits per heavy atom. The minimum atomic E-state index is -0.521. The number of halogens is 1. The second kappa shape index (κ2) is 5.98. The number of para-hydroxylation sites is 1. The van der Waals surface area contributed by atoms with Crippen molar-refractivity contribution in [1.29, 1.82) is 5.26 Å². The maximum absolute atomic E-state index is 13.6. The Bertz CT molecular complexity index is 603. The van der Waals surface area contributed by atoms with Crippen molar-refractivity contribution in [2.45, 2.75) is 13.0 Å². The van der Waals surface area contributed by atoms with Crippen LogP contribution in [0.25, 0.3) is 0 Å². The first-order valence-corrected chi connectivity index (χ1v) is 5.76. The first kappa shape index (κ1) is 13.1. The highest BCUT2D eigenvalue weighted by atomic mass is 19.1. The summed E-state index contributed by atoms with van der Waals surface area (Å²) in [6, 6.07) is 13.3. The number of aliphatic hydroxyl groups excluding tert-OH is 1. The average Bonchev–Trinajstić information content (AvgIpc) is 2.43. The fraction of sp³-hybridized carbons (Fsp3) is 0.133. The molecule has 2 rings (SSSR count). The molecule has 0 heterocycles. The van der Waals surface area contributed by atoms with Crippen LogP contribution in [0.15, 0.2) is 42.5 Å². The monoisotopic (exact) mass is 257 g/mol. The van der Waals surface area contributed by atoms with Gasteiger partial charge in [0.25, 0.3) is 0 Å². The van der Waals surface area contributed by atoms with Gasteiger partial charge in [-0.05, 0) is 23.8 Å². The largest absolute Gasteiger partial charge is 0.454 e. The fourth-order valence-electron chi connectivity index (χ4n) is 1.68. The molecule has 0 atom stereocenters. The second-order valence-corrected chi connectivity index (χ2v) is 3.97. The summed E-state index contributed by atoms with van der Waals surface area (Å²) in [5, 5.41) is 17.7. The number of nitriles is 1. The Morgan fingerprint density at radius 2 is 1.89 bits per heavy atom. The summed E-state index contributed by atoms with van der Waals surface area (Å²) in [6.07, 6.45) is 0.321. The summed E-state index contributed by atoms with van der Waals surface area (Å²) in [7, 11) is 0. The average molecular weight is 257 g/mol. The molecule has 3 nitrogen and oxygen atoms in total. The van der Waals surface area contributed by atoms with E-state index in [4.69, 9.17) is 15.1 Å². The molecular formula is C15H12FNO2. The van der Waals surface area contributed by atoms with E-state index >= 15 is 0 Å². The number of hydrogen-bond donors (Lipinski definition) is 1. The maximum atomic E-state index is 13.6. The third kappa shape index (κ3) is 3.09. The van der Waals surface area contributed by atoms with Crippen LogP contribution in [0.2, 0.25) is 0 Å². The number of rotatable bonds is 4. The van der Waals surface area contributed by atoms with E-state index in [-0.39, 0.29) is 12.4 Å². The van der Waals surface area contributed by atoms with Crippen molar-refractivity contribution < 1.29 is 14.2 Å². The van der Waals surface area contributed by atoms with Gasteiger partial charge in [-0.15, -0.1) is 0 Å². The lowest BCUT2D eigenvalue weighted by Gasteiger charge is -2.10. The lowest BCUT2D eigenvalue weighted by molar-refractivity contribution is 0.274. The standard InChI is InChI=1S/C15H12FNO2/c16-14-3-1-2-12(10-18)15(14)19-13-6-4-11(5-7-13)8-9-17/h1-7,18H,8,10H2. The first-order valence-electron chi connectivity index (χ1n) is 5.76. The smallest absolute Gasteiger partial charge is 0.168 e. The van der Waals surface area contributed by atoms with E-state index in [0.29, 0.717) is 17.7 Å². The van der Waals surface area contributed by atoms with Crippen LogP contribution in [0.5, 0.6) is 11.5 Å². The Hall–Kier alpha value is -2.38. The van der Waals surface area contributed by atoms with Crippen LogP contribution in [0, 0.1) is 17.1 Å². The minimum absolute atomic E-state index is 0.0260. The summed E-state index contributed by atoms with van der Waals surface area (Å²) in [5.41, 5.74) is 1.26. The van der Waals surface area contributed by atoms with Crippen LogP contribution in [0.1, 0.15) is 11.1 Å². The van der Waals surface area contributed by atoms with Gasteiger partial charge in [-0.25, -0.2) is 4.39 Å². The Morgan fingerprint density at radius 3 is 2.53 bits per heavy atom. The molecule has 0 aliphatic carbocycles. The van der Waals surface area contributed by atoms with E-state index in [1.807, 2.05) is 6.07 Å². The predicted molar refractivity (Wildman–Crippen MR) is 68.2 cm³/mol. The van der Waals surface area contributed by atoms with Crippen molar-refractivity contribution in [2.75, 3.05) is 0 Å². The zero-order valence-electron chi connectivity index (χ0n) is 10.1. The predicted octanol–water partition coefficient (Wildman–Crippen LogP) is 3.18. The maximum Gasteiger partial charge on any atom is 0.168 e. The molecule has 0 unspecified atom stereocenters. The normalized spacial score (nSPS) is 9.95. The van der Waals surface area contributed by atoms with Crippen LogP contribution in [-0.4, -0.2) is 5.11 Å². The summed E-state index contributed by atoms with van der Waals surface area (Å²) in [4.78, 5) is 0. The van der Waals surface area contributed by atoms with Gasteiger partial charge in [0.05, 0.1) is 19.1 Å². The third-order valence-electron chi connectivity index (χ3n) is 2.65. The van der Waals surface area contributed by atoms with Crippen LogP contribution >= 0.6 is 0 Å². The molecule has 4 heteroatoms. The Kier molecular flexibility index (Phi) is 4.11. The molecule has 2 aromatic rings. The van der Waals surface area contributed by atoms with Crippen molar-refractivity contribution in [1.82, 2.24) is 0 Å². The molecule has 0 radical (unpaired) electrons. The van der Waals surface area contributed by atoms with Crippen molar-refractivity contribution in [2.24, 2.45) is 0 Å². The topological polar surface area (TPSA) is 53.2 Å². The molecule has 0 saturated carbocycles. The van der Waals surface area contributed by atoms with Gasteiger partial charge in [-0.3, -0.25) is 0 Å². The van der Waals surface area contributed by atoms with Crippen molar-refractivity contribution in [3.8, 4) is 17.6 Å². The van der Waals surface area contributed by atoms with Crippen molar-refractivity contribution in [3.63, 3.8) is 0 Å². The molecule has 0 fully saturated rings. The fourth-order valence-corrected chi connectivity index (χ4v) is 1.68. The van der Waals surface area contributed by atoms with Gasteiger partial charge >= 0.3 is 0 Å². The molecule has 0 amide bonds. The molecule has 0 spiro atoms. The molecule has 96 valence electrons. The van der Waals surface area contributed by atoms with E-state index in [2.05, 4.69) is 0 Å². The zero-order chi connectivity index (χ0) is 13.7. The van der Waals surface area contributed by atoms with E-state index in [1.54, 1.807) is 30.3 Å². The van der Waals surface area contributed by atoms with Crippen LogP contribution in [0.4, 0.5) is 4.39 Å². The van der Waals surface area contributed by atoms with E-state index in [9.17, 15) is 4.39 Å². The summed E-state index contributed by atoms with van der Waals surface area (Å²) in [6.45, 7) is -0.292. The number of aliphatic hydroxyl groups is 1. The number of benzene rings is 2. The Labute approximate surface area is 110 Å². The van der Waals surface area contributed by atoms with Gasteiger partial charge in [0.1, 0.15) is 5.75 Å². The van der Waals surface area contributed by atoms with Crippen LogP contribution in [0.3, 0.4) is 0 Å². The molecule has 2 aromatic carbocycles. The minimum Gasteiger partial charge on any atom is -0.454 e. The van der Waals surface area contributed by atoms with Crippen LogP contribution < -0.4 is 4.74 Å². The van der Waals surface area contributed by atoms with Gasteiger partial charge in [0.15, 0.2) is 11.6 Å². The summed E-state index contributed by atoms with van der Waals surface area (Å²) >= 11 is 0. The molecule has 0 aliphatic rings. The van der Waals surface area contributed by atoms with Crippen molar-refractivity contribution >= 4 is 0 Å². The van der Waals surface area contributed by atoms with E-state index < -0.39 is 5.82 Å². The number of hydrogen-bond acceptors (Lipinski definition) is 3. The first-order chi connectivity index (χ1) is 9.24. The van der Waals surface area contributed by atoms with Gasteiger partial charge < -0.3 is 9.84 Å². The number of nitrogens with zero attached hydrogens (tertiary/aromatic N) is 1. The zero-order valence-corrected chi connectivity index (χ0v) is 10.1. The highest BCUT2D eigenvalue weighted by Gasteiger charge is 2.10. The third-order valence-corrected chi connectivity index (χ3v) is 2.65. The van der Waals surface area contributed by atoms with Gasteiger partial charge in [-0.2, -0.15) is 5.26 Å². The van der Waals surface area contributed by atoms with Gasteiger partial charge in [-0.1, -0.05) is 24.3 Å². The highest BCUT2D eigenvalue weighted by molar-refractivity contribution is 5.39. The second-order valence-electron chi connectivity index (χ2n) is 3.97. The molecule has 19 heavy (non-hydrogen) atoms. The molecule has 1 N–H and O–H groups in total. The molecule has 0 aromatic heterocycles. The quantitative estimate of drug-likeness (QED) is 0.915. The molecule has 0 saturated heterocycles. The van der Waals surface area contributed by atoms with E-state index in [1.165, 1.54) is 12.1 Å². The molecule has 0 bridgehead atoms. The van der Waals surface area contributed by atoms with Crippen molar-refractivity contribution in [3.05, 3.63) is 59.4 Å². The highest BCUT2D eigenvalue weighted by Crippen LogP contribution is 2.28. The van der Waals surface area contributed by atoms with Gasteiger partial charge in [0.2, 0.25) is 0 Å². The summed E-state index contributed by atoms with van der Waals surface area (Å²) < 4.78 is 19.1. The van der Waals surface area contributed by atoms with Gasteiger partial charge in [0, 0.05) is 5.56 Å². The lowest BCUT2D eigenvalue weighted by Crippen LogP contribution is -1.95. The lowest BCUT2D eigenvalue weighted by atomic mass is 10.1. The Balaban J connectivity index is 2.24.